The smallest absolute Gasteiger partial charge is 0.101 e. The first kappa shape index (κ1) is 35.6. The minimum Gasteiger partial charge on any atom is -0.391 e. The average Bonchev–Trinajstić information content (AvgIpc) is 2.84. The van der Waals surface area contributed by atoms with Gasteiger partial charge < -0.3 is 5.11 Å². The molecule has 0 bridgehead atoms. The van der Waals surface area contributed by atoms with Gasteiger partial charge in [-0.15, -0.1) is 0 Å². The molecule has 0 radical (unpaired) electrons. The van der Waals surface area contributed by atoms with E-state index < -0.39 is 6.17 Å². The number of aliphatic hydroxyl groups is 1. The molecule has 0 aromatic rings. The number of halogens is 1. The summed E-state index contributed by atoms with van der Waals surface area (Å²) < 4.78 is 14.1. The molecule has 0 fully saturated rings. The highest BCUT2D eigenvalue weighted by Gasteiger charge is 2.14. The second-order valence-corrected chi connectivity index (χ2v) is 13.5. The molecule has 1 N–H and O–H groups in total. The molecule has 0 saturated heterocycles. The van der Waals surface area contributed by atoms with E-state index in [4.69, 9.17) is 0 Å². The van der Waals surface area contributed by atoms with E-state index in [2.05, 4.69) is 20.8 Å². The van der Waals surface area contributed by atoms with Crippen LogP contribution in [-0.4, -0.2) is 39.9 Å². The lowest BCUT2D eigenvalue weighted by molar-refractivity contribution is 0.224. The van der Waals surface area contributed by atoms with E-state index in [-0.39, 0.29) is 6.10 Å². The van der Waals surface area contributed by atoms with Crippen molar-refractivity contribution in [3.05, 3.63) is 0 Å². The van der Waals surface area contributed by atoms with E-state index in [1.807, 2.05) is 11.8 Å². The van der Waals surface area contributed by atoms with Gasteiger partial charge >= 0.3 is 0 Å². The van der Waals surface area contributed by atoms with Gasteiger partial charge in [0.2, 0.25) is 0 Å². The van der Waals surface area contributed by atoms with Crippen LogP contribution in [0.4, 0.5) is 4.39 Å². The lowest BCUT2D eigenvalue weighted by Gasteiger charge is -2.17. The van der Waals surface area contributed by atoms with Gasteiger partial charge in [-0.1, -0.05) is 143 Å². The third-order valence-corrected chi connectivity index (χ3v) is 9.52. The molecule has 4 heteroatoms. The summed E-state index contributed by atoms with van der Waals surface area (Å²) in [6, 6.07) is 0. The van der Waals surface area contributed by atoms with Crippen LogP contribution in [0.25, 0.3) is 0 Å². The number of aliphatic hydroxyl groups excluding tert-OH is 1. The molecule has 0 aliphatic carbocycles. The third kappa shape index (κ3) is 29.0. The SMILES string of the molecule is CCCCCCCCCCCCCCCCCCSCC(O)CSC(C)CC(F)CCCCCC. The fourth-order valence-electron chi connectivity index (χ4n) is 4.63. The van der Waals surface area contributed by atoms with Crippen LogP contribution >= 0.6 is 23.5 Å². The first-order valence-electron chi connectivity index (χ1n) is 15.6. The molecule has 0 aromatic carbocycles. The summed E-state index contributed by atoms with van der Waals surface area (Å²) in [6.45, 7) is 6.59. The molecule has 35 heavy (non-hydrogen) atoms. The molecule has 0 rings (SSSR count). The third-order valence-electron chi connectivity index (χ3n) is 6.98. The molecule has 0 aromatic heterocycles. The quantitative estimate of drug-likeness (QED) is 0.0963. The molecule has 212 valence electrons. The fraction of sp³-hybridized carbons (Fsp3) is 1.00. The number of hydrogen-bond acceptors (Lipinski definition) is 3. The fourth-order valence-corrected chi connectivity index (χ4v) is 6.76. The van der Waals surface area contributed by atoms with Crippen LogP contribution in [0, 0.1) is 0 Å². The van der Waals surface area contributed by atoms with Gasteiger partial charge in [-0.2, -0.15) is 23.5 Å². The number of rotatable bonds is 29. The summed E-state index contributed by atoms with van der Waals surface area (Å²) in [6.07, 6.45) is 27.6. The Kier molecular flexibility index (Phi) is 29.6. The van der Waals surface area contributed by atoms with Gasteiger partial charge in [0.25, 0.3) is 0 Å². The minimum atomic E-state index is -0.671. The van der Waals surface area contributed by atoms with E-state index in [0.717, 1.165) is 24.3 Å². The van der Waals surface area contributed by atoms with Gasteiger partial charge in [0.15, 0.2) is 0 Å². The molecule has 1 nitrogen and oxygen atoms in total. The maximum Gasteiger partial charge on any atom is 0.101 e. The topological polar surface area (TPSA) is 20.2 Å². The van der Waals surface area contributed by atoms with Gasteiger partial charge in [0, 0.05) is 16.8 Å². The highest BCUT2D eigenvalue weighted by molar-refractivity contribution is 8.00. The van der Waals surface area contributed by atoms with Gasteiger partial charge in [-0.05, 0) is 25.0 Å². The first-order chi connectivity index (χ1) is 17.1. The zero-order valence-corrected chi connectivity index (χ0v) is 25.7. The predicted molar refractivity (Wildman–Crippen MR) is 163 cm³/mol. The summed E-state index contributed by atoms with van der Waals surface area (Å²) in [4.78, 5) is 0. The standard InChI is InChI=1S/C31H63FOS2/c1-4-6-8-10-11-12-13-14-15-16-17-18-19-20-21-23-25-34-27-31(33)28-35-29(3)26-30(32)24-22-9-7-5-2/h29-31,33H,4-28H2,1-3H3. The Hall–Kier alpha value is 0.590. The Balaban J connectivity index is 3.30. The van der Waals surface area contributed by atoms with Crippen molar-refractivity contribution in [1.82, 2.24) is 0 Å². The number of hydrogen-bond donors (Lipinski definition) is 1. The van der Waals surface area contributed by atoms with Crippen molar-refractivity contribution >= 4 is 23.5 Å². The van der Waals surface area contributed by atoms with Crippen LogP contribution in [0.5, 0.6) is 0 Å². The molecule has 0 spiro atoms. The zero-order valence-electron chi connectivity index (χ0n) is 24.1. The van der Waals surface area contributed by atoms with Crippen LogP contribution < -0.4 is 0 Å². The Labute approximate surface area is 229 Å². The van der Waals surface area contributed by atoms with Crippen LogP contribution in [0.2, 0.25) is 0 Å². The number of alkyl halides is 1. The van der Waals surface area contributed by atoms with Gasteiger partial charge in [-0.3, -0.25) is 0 Å². The zero-order chi connectivity index (χ0) is 25.8. The molecule has 0 heterocycles. The lowest BCUT2D eigenvalue weighted by atomic mass is 10.0. The molecule has 0 aliphatic rings. The summed E-state index contributed by atoms with van der Waals surface area (Å²) in [5.74, 6) is 2.74. The Bertz CT molecular complexity index is 396. The average molecular weight is 535 g/mol. The van der Waals surface area contributed by atoms with Gasteiger partial charge in [0.1, 0.15) is 6.17 Å². The van der Waals surface area contributed by atoms with E-state index in [9.17, 15) is 9.50 Å². The van der Waals surface area contributed by atoms with Crippen molar-refractivity contribution in [3.8, 4) is 0 Å². The molecular weight excluding hydrogens is 471 g/mol. The van der Waals surface area contributed by atoms with Crippen LogP contribution in [0.3, 0.4) is 0 Å². The second-order valence-electron chi connectivity index (χ2n) is 10.9. The summed E-state index contributed by atoms with van der Waals surface area (Å²) >= 11 is 3.63. The van der Waals surface area contributed by atoms with Gasteiger partial charge in [-0.25, -0.2) is 4.39 Å². The first-order valence-corrected chi connectivity index (χ1v) is 17.8. The molecule has 0 aliphatic heterocycles. The predicted octanol–water partition coefficient (Wildman–Crippen LogP) is 11.2. The largest absolute Gasteiger partial charge is 0.391 e. The van der Waals surface area contributed by atoms with E-state index in [1.165, 1.54) is 121 Å². The summed E-state index contributed by atoms with van der Waals surface area (Å²) in [7, 11) is 0. The summed E-state index contributed by atoms with van der Waals surface area (Å²) in [5.41, 5.74) is 0. The highest BCUT2D eigenvalue weighted by atomic mass is 32.2. The maximum atomic E-state index is 14.1. The van der Waals surface area contributed by atoms with Crippen LogP contribution in [-0.2, 0) is 0 Å². The minimum absolute atomic E-state index is 0.254. The van der Waals surface area contributed by atoms with Crippen molar-refractivity contribution in [2.45, 2.75) is 180 Å². The monoisotopic (exact) mass is 534 g/mol. The van der Waals surface area contributed by atoms with Crippen molar-refractivity contribution < 1.29 is 9.50 Å². The molecule has 3 unspecified atom stereocenters. The Morgan fingerprint density at radius 3 is 1.51 bits per heavy atom. The summed E-state index contributed by atoms with van der Waals surface area (Å²) in [5, 5.41) is 10.5. The number of thioether (sulfide) groups is 2. The van der Waals surface area contributed by atoms with Crippen molar-refractivity contribution in [1.29, 1.82) is 0 Å². The van der Waals surface area contributed by atoms with Crippen molar-refractivity contribution in [3.63, 3.8) is 0 Å². The molecule has 0 amide bonds. The molecular formula is C31H63FOS2. The van der Waals surface area contributed by atoms with Crippen LogP contribution in [0.15, 0.2) is 0 Å². The Morgan fingerprint density at radius 2 is 1.03 bits per heavy atom. The maximum absolute atomic E-state index is 14.1. The molecule has 0 saturated carbocycles. The van der Waals surface area contributed by atoms with Gasteiger partial charge in [0.05, 0.1) is 6.10 Å². The normalized spacial score (nSPS) is 14.3. The van der Waals surface area contributed by atoms with E-state index in [1.54, 1.807) is 11.8 Å². The van der Waals surface area contributed by atoms with Crippen molar-refractivity contribution in [2.24, 2.45) is 0 Å². The number of unbranched alkanes of at least 4 members (excludes halogenated alkanes) is 18. The van der Waals surface area contributed by atoms with Crippen molar-refractivity contribution in [2.75, 3.05) is 17.3 Å². The lowest BCUT2D eigenvalue weighted by Crippen LogP contribution is -2.17. The molecule has 3 atom stereocenters. The van der Waals surface area contributed by atoms with E-state index >= 15 is 0 Å². The second kappa shape index (κ2) is 29.2. The highest BCUT2D eigenvalue weighted by Crippen LogP contribution is 2.22. The van der Waals surface area contributed by atoms with E-state index in [0.29, 0.717) is 18.1 Å². The Morgan fingerprint density at radius 1 is 0.600 bits per heavy atom. The van der Waals surface area contributed by atoms with Crippen LogP contribution in [0.1, 0.15) is 162 Å².